The molecular formula is C10H12ClNO3S. The van der Waals surface area contributed by atoms with Crippen LogP contribution in [0.1, 0.15) is 13.8 Å². The zero-order valence-corrected chi connectivity index (χ0v) is 10.5. The first-order valence-electron chi connectivity index (χ1n) is 4.66. The fraction of sp³-hybridized carbons (Fsp3) is 0.300. The molecule has 0 heterocycles. The smallest absolute Gasteiger partial charge is 0.261 e. The van der Waals surface area contributed by atoms with Crippen molar-refractivity contribution in [2.45, 2.75) is 18.7 Å². The normalized spacial score (nSPS) is 11.5. The highest BCUT2D eigenvalue weighted by atomic mass is 35.7. The Kier molecular flexibility index (Phi) is 3.93. The average molecular weight is 262 g/mol. The van der Waals surface area contributed by atoms with Gasteiger partial charge in [0.15, 0.2) is 0 Å². The molecule has 0 aliphatic carbocycles. The van der Waals surface area contributed by atoms with Gasteiger partial charge < -0.3 is 5.32 Å². The van der Waals surface area contributed by atoms with E-state index in [0.29, 0.717) is 5.69 Å². The summed E-state index contributed by atoms with van der Waals surface area (Å²) in [5, 5.41) is 2.64. The molecular weight excluding hydrogens is 250 g/mol. The molecule has 0 spiro atoms. The SMILES string of the molecule is CC(C)C(=O)Nc1ccc(S(=O)(=O)Cl)cc1. The van der Waals surface area contributed by atoms with Gasteiger partial charge in [-0.2, -0.15) is 0 Å². The third-order valence-corrected chi connectivity index (χ3v) is 3.30. The molecule has 88 valence electrons. The number of rotatable bonds is 3. The summed E-state index contributed by atoms with van der Waals surface area (Å²) >= 11 is 0. The third kappa shape index (κ3) is 3.50. The van der Waals surface area contributed by atoms with Crippen LogP contribution in [0.3, 0.4) is 0 Å². The second-order valence-corrected chi connectivity index (χ2v) is 6.17. The number of carbonyl (C=O) groups excluding carboxylic acids is 1. The Hall–Kier alpha value is -1.07. The minimum atomic E-state index is -3.70. The molecule has 0 unspecified atom stereocenters. The molecule has 4 nitrogen and oxygen atoms in total. The van der Waals surface area contributed by atoms with Crippen molar-refractivity contribution in [3.8, 4) is 0 Å². The summed E-state index contributed by atoms with van der Waals surface area (Å²) in [4.78, 5) is 11.3. The number of anilines is 1. The minimum absolute atomic E-state index is 0.0108. The Morgan fingerprint density at radius 2 is 1.75 bits per heavy atom. The summed E-state index contributed by atoms with van der Waals surface area (Å²) in [6, 6.07) is 5.68. The van der Waals surface area contributed by atoms with E-state index < -0.39 is 9.05 Å². The first-order chi connectivity index (χ1) is 7.30. The summed E-state index contributed by atoms with van der Waals surface area (Å²) in [6.45, 7) is 3.54. The highest BCUT2D eigenvalue weighted by Gasteiger charge is 2.10. The standard InChI is InChI=1S/C10H12ClNO3S/c1-7(2)10(13)12-8-3-5-9(6-4-8)16(11,14)15/h3-7H,1-2H3,(H,12,13). The van der Waals surface area contributed by atoms with Crippen molar-refractivity contribution in [3.63, 3.8) is 0 Å². The maximum Gasteiger partial charge on any atom is 0.261 e. The van der Waals surface area contributed by atoms with Crippen molar-refractivity contribution in [2.75, 3.05) is 5.32 Å². The van der Waals surface area contributed by atoms with Crippen LogP contribution in [-0.2, 0) is 13.8 Å². The summed E-state index contributed by atoms with van der Waals surface area (Å²) in [5.41, 5.74) is 0.544. The fourth-order valence-electron chi connectivity index (χ4n) is 0.987. The van der Waals surface area contributed by atoms with Crippen LogP contribution in [0.5, 0.6) is 0 Å². The van der Waals surface area contributed by atoms with Crippen LogP contribution in [0, 0.1) is 5.92 Å². The maximum atomic E-state index is 11.3. The Morgan fingerprint density at radius 1 is 1.25 bits per heavy atom. The van der Waals surface area contributed by atoms with Crippen LogP contribution >= 0.6 is 10.7 Å². The molecule has 0 saturated heterocycles. The molecule has 6 heteroatoms. The first kappa shape index (κ1) is 13.0. The zero-order valence-electron chi connectivity index (χ0n) is 8.90. The zero-order chi connectivity index (χ0) is 12.3. The van der Waals surface area contributed by atoms with Gasteiger partial charge in [-0.15, -0.1) is 0 Å². The molecule has 0 aromatic heterocycles. The quantitative estimate of drug-likeness (QED) is 0.849. The van der Waals surface area contributed by atoms with Crippen LogP contribution < -0.4 is 5.32 Å². The first-order valence-corrected chi connectivity index (χ1v) is 6.97. The maximum absolute atomic E-state index is 11.3. The highest BCUT2D eigenvalue weighted by molar-refractivity contribution is 8.13. The van der Waals surface area contributed by atoms with E-state index in [2.05, 4.69) is 5.32 Å². The van der Waals surface area contributed by atoms with Crippen LogP contribution in [0.4, 0.5) is 5.69 Å². The van der Waals surface area contributed by atoms with E-state index in [1.165, 1.54) is 24.3 Å². The Bertz CT molecular complexity index is 479. The van der Waals surface area contributed by atoms with E-state index in [9.17, 15) is 13.2 Å². The summed E-state index contributed by atoms with van der Waals surface area (Å²) in [5.74, 6) is -0.252. The van der Waals surface area contributed by atoms with Crippen molar-refractivity contribution in [1.29, 1.82) is 0 Å². The van der Waals surface area contributed by atoms with Gasteiger partial charge in [0.05, 0.1) is 4.90 Å². The van der Waals surface area contributed by atoms with E-state index >= 15 is 0 Å². The van der Waals surface area contributed by atoms with Crippen LogP contribution in [0.2, 0.25) is 0 Å². The second kappa shape index (κ2) is 4.84. The largest absolute Gasteiger partial charge is 0.326 e. The van der Waals surface area contributed by atoms with Crippen LogP contribution in [-0.4, -0.2) is 14.3 Å². The molecule has 0 aliphatic heterocycles. The molecule has 0 bridgehead atoms. The van der Waals surface area contributed by atoms with Crippen molar-refractivity contribution >= 4 is 31.3 Å². The van der Waals surface area contributed by atoms with Crippen molar-refractivity contribution in [1.82, 2.24) is 0 Å². The predicted octanol–water partition coefficient (Wildman–Crippen LogP) is 2.21. The van der Waals surface area contributed by atoms with Crippen molar-refractivity contribution < 1.29 is 13.2 Å². The number of nitrogens with one attached hydrogen (secondary N) is 1. The van der Waals surface area contributed by atoms with Gasteiger partial charge in [0.2, 0.25) is 5.91 Å². The van der Waals surface area contributed by atoms with Crippen LogP contribution in [0.15, 0.2) is 29.2 Å². The van der Waals surface area contributed by atoms with Gasteiger partial charge in [-0.1, -0.05) is 13.8 Å². The van der Waals surface area contributed by atoms with E-state index in [1.807, 2.05) is 0 Å². The van der Waals surface area contributed by atoms with Gasteiger partial charge in [0.25, 0.3) is 9.05 Å². The Balaban J connectivity index is 2.84. The van der Waals surface area contributed by atoms with Gasteiger partial charge >= 0.3 is 0 Å². The molecule has 1 aromatic carbocycles. The number of carbonyl (C=O) groups is 1. The van der Waals surface area contributed by atoms with Gasteiger partial charge in [-0.3, -0.25) is 4.79 Å². The fourth-order valence-corrected chi connectivity index (χ4v) is 1.76. The molecule has 0 fully saturated rings. The van der Waals surface area contributed by atoms with Crippen molar-refractivity contribution in [3.05, 3.63) is 24.3 Å². The number of benzene rings is 1. The lowest BCUT2D eigenvalue weighted by Gasteiger charge is -2.07. The molecule has 0 saturated carbocycles. The summed E-state index contributed by atoms with van der Waals surface area (Å²) in [6.07, 6.45) is 0. The molecule has 16 heavy (non-hydrogen) atoms. The lowest BCUT2D eigenvalue weighted by molar-refractivity contribution is -0.118. The molecule has 1 N–H and O–H groups in total. The topological polar surface area (TPSA) is 63.2 Å². The Morgan fingerprint density at radius 3 is 2.12 bits per heavy atom. The van der Waals surface area contributed by atoms with E-state index in [0.717, 1.165) is 0 Å². The molecule has 1 rings (SSSR count). The Labute approximate surface area is 99.0 Å². The van der Waals surface area contributed by atoms with Gasteiger partial charge in [-0.25, -0.2) is 8.42 Å². The van der Waals surface area contributed by atoms with Gasteiger partial charge in [-0.05, 0) is 24.3 Å². The van der Waals surface area contributed by atoms with Gasteiger partial charge in [0, 0.05) is 22.3 Å². The predicted molar refractivity (Wildman–Crippen MR) is 62.9 cm³/mol. The molecule has 0 radical (unpaired) electrons. The van der Waals surface area contributed by atoms with Gasteiger partial charge in [0.1, 0.15) is 0 Å². The van der Waals surface area contributed by atoms with Crippen molar-refractivity contribution in [2.24, 2.45) is 5.92 Å². The van der Waals surface area contributed by atoms with E-state index in [-0.39, 0.29) is 16.7 Å². The molecule has 0 aliphatic rings. The third-order valence-electron chi connectivity index (χ3n) is 1.93. The minimum Gasteiger partial charge on any atom is -0.326 e. The van der Waals surface area contributed by atoms with E-state index in [1.54, 1.807) is 13.8 Å². The summed E-state index contributed by atoms with van der Waals surface area (Å²) < 4.78 is 21.9. The molecule has 1 amide bonds. The lowest BCUT2D eigenvalue weighted by Crippen LogP contribution is -2.17. The molecule has 0 atom stereocenters. The number of hydrogen-bond acceptors (Lipinski definition) is 3. The summed E-state index contributed by atoms with van der Waals surface area (Å²) in [7, 11) is 1.45. The number of hydrogen-bond donors (Lipinski definition) is 1. The monoisotopic (exact) mass is 261 g/mol. The number of amides is 1. The second-order valence-electron chi connectivity index (χ2n) is 3.61. The van der Waals surface area contributed by atoms with E-state index in [4.69, 9.17) is 10.7 Å². The average Bonchev–Trinajstić information content (AvgIpc) is 2.17. The number of halogens is 1. The lowest BCUT2D eigenvalue weighted by atomic mass is 10.2. The molecule has 1 aromatic rings. The highest BCUT2D eigenvalue weighted by Crippen LogP contribution is 2.17. The van der Waals surface area contributed by atoms with Crippen LogP contribution in [0.25, 0.3) is 0 Å².